The zero-order chi connectivity index (χ0) is 7.94. The molecule has 11 heavy (non-hydrogen) atoms. The molecule has 2 nitrogen and oxygen atoms in total. The first-order chi connectivity index (χ1) is 5.43. The van der Waals surface area contributed by atoms with Gasteiger partial charge in [-0.3, -0.25) is 4.98 Å². The van der Waals surface area contributed by atoms with E-state index in [9.17, 15) is 0 Å². The Hall–Kier alpha value is -0.890. The number of rotatable bonds is 4. The summed E-state index contributed by atoms with van der Waals surface area (Å²) in [5.41, 5.74) is 1.22. The summed E-state index contributed by atoms with van der Waals surface area (Å²) < 4.78 is 0. The maximum Gasteiger partial charge on any atom is 0.0312 e. The molecule has 0 amide bonds. The van der Waals surface area contributed by atoms with Crippen molar-refractivity contribution in [2.75, 3.05) is 0 Å². The number of aromatic nitrogens is 1. The molecule has 0 saturated heterocycles. The number of hydrogen-bond donors (Lipinski definition) is 1. The van der Waals surface area contributed by atoms with Crippen LogP contribution in [0.1, 0.15) is 18.9 Å². The van der Waals surface area contributed by atoms with Gasteiger partial charge in [0.2, 0.25) is 0 Å². The molecule has 0 unspecified atom stereocenters. The number of nitrogens with one attached hydrogen (secondary N) is 1. The summed E-state index contributed by atoms with van der Waals surface area (Å²) >= 11 is 0. The van der Waals surface area contributed by atoms with Crippen LogP contribution in [0.3, 0.4) is 0 Å². The molecule has 0 bridgehead atoms. The average molecular weight is 149 g/mol. The van der Waals surface area contributed by atoms with Gasteiger partial charge >= 0.3 is 0 Å². The SMILES string of the molecule is CC[CH]NCc1cccnc1. The molecule has 1 aromatic heterocycles. The van der Waals surface area contributed by atoms with Gasteiger partial charge in [0, 0.05) is 25.5 Å². The van der Waals surface area contributed by atoms with E-state index in [1.165, 1.54) is 5.56 Å². The molecule has 1 N–H and O–H groups in total. The van der Waals surface area contributed by atoms with E-state index in [1.807, 2.05) is 18.8 Å². The van der Waals surface area contributed by atoms with Gasteiger partial charge in [-0.25, -0.2) is 0 Å². The number of pyridine rings is 1. The molecule has 0 aliphatic rings. The van der Waals surface area contributed by atoms with Gasteiger partial charge < -0.3 is 5.32 Å². The van der Waals surface area contributed by atoms with Crippen molar-refractivity contribution in [1.82, 2.24) is 10.3 Å². The Labute approximate surface area is 67.7 Å². The Kier molecular flexibility index (Phi) is 3.62. The van der Waals surface area contributed by atoms with Crippen LogP contribution in [0.4, 0.5) is 0 Å². The van der Waals surface area contributed by atoms with Crippen molar-refractivity contribution in [3.8, 4) is 0 Å². The lowest BCUT2D eigenvalue weighted by atomic mass is 10.3. The Morgan fingerprint density at radius 2 is 2.55 bits per heavy atom. The van der Waals surface area contributed by atoms with Crippen LogP contribution in [-0.4, -0.2) is 4.98 Å². The van der Waals surface area contributed by atoms with E-state index in [-0.39, 0.29) is 0 Å². The third-order valence-corrected chi connectivity index (χ3v) is 1.38. The first-order valence-electron chi connectivity index (χ1n) is 3.87. The van der Waals surface area contributed by atoms with Crippen molar-refractivity contribution in [3.05, 3.63) is 36.6 Å². The van der Waals surface area contributed by atoms with Gasteiger partial charge in [-0.1, -0.05) is 13.0 Å². The first-order valence-corrected chi connectivity index (χ1v) is 3.87. The highest BCUT2D eigenvalue weighted by atomic mass is 14.8. The lowest BCUT2D eigenvalue weighted by molar-refractivity contribution is 0.761. The van der Waals surface area contributed by atoms with E-state index < -0.39 is 0 Å². The van der Waals surface area contributed by atoms with Crippen molar-refractivity contribution < 1.29 is 0 Å². The second-order valence-corrected chi connectivity index (χ2v) is 2.35. The summed E-state index contributed by atoms with van der Waals surface area (Å²) in [6.45, 7) is 5.03. The smallest absolute Gasteiger partial charge is 0.0312 e. The molecule has 59 valence electrons. The molecule has 0 spiro atoms. The highest BCUT2D eigenvalue weighted by Crippen LogP contribution is 1.94. The fourth-order valence-corrected chi connectivity index (χ4v) is 0.837. The topological polar surface area (TPSA) is 24.9 Å². The quantitative estimate of drug-likeness (QED) is 0.659. The lowest BCUT2D eigenvalue weighted by Crippen LogP contribution is -2.08. The van der Waals surface area contributed by atoms with E-state index in [4.69, 9.17) is 0 Å². The predicted octanol–water partition coefficient (Wildman–Crippen LogP) is 1.74. The van der Waals surface area contributed by atoms with Gasteiger partial charge in [-0.2, -0.15) is 0 Å². The van der Waals surface area contributed by atoms with Gasteiger partial charge in [-0.05, 0) is 18.1 Å². The summed E-state index contributed by atoms with van der Waals surface area (Å²) in [6.07, 6.45) is 4.71. The molecule has 0 atom stereocenters. The van der Waals surface area contributed by atoms with Gasteiger partial charge in [0.15, 0.2) is 0 Å². The van der Waals surface area contributed by atoms with Crippen LogP contribution in [-0.2, 0) is 6.54 Å². The van der Waals surface area contributed by atoms with Gasteiger partial charge in [0.1, 0.15) is 0 Å². The van der Waals surface area contributed by atoms with Crippen LogP contribution in [0, 0.1) is 6.54 Å². The van der Waals surface area contributed by atoms with E-state index in [1.54, 1.807) is 6.20 Å². The molecular weight excluding hydrogens is 136 g/mol. The summed E-state index contributed by atoms with van der Waals surface area (Å²) in [4.78, 5) is 4.01. The standard InChI is InChI=1S/C9H13N2/c1-2-5-10-7-9-4-3-6-11-8-9/h3-6,8,10H,2,7H2,1H3. The van der Waals surface area contributed by atoms with Crippen molar-refractivity contribution in [2.24, 2.45) is 0 Å². The summed E-state index contributed by atoms with van der Waals surface area (Å²) in [6, 6.07) is 4.01. The van der Waals surface area contributed by atoms with Crippen LogP contribution in [0.25, 0.3) is 0 Å². The fraction of sp³-hybridized carbons (Fsp3) is 0.333. The van der Waals surface area contributed by atoms with E-state index in [0.29, 0.717) is 0 Å². The van der Waals surface area contributed by atoms with Crippen LogP contribution in [0.5, 0.6) is 0 Å². The van der Waals surface area contributed by atoms with Gasteiger partial charge in [-0.15, -0.1) is 0 Å². The zero-order valence-corrected chi connectivity index (χ0v) is 6.75. The molecule has 1 radical (unpaired) electrons. The first kappa shape index (κ1) is 8.21. The van der Waals surface area contributed by atoms with Crippen LogP contribution < -0.4 is 5.32 Å². The van der Waals surface area contributed by atoms with Crippen molar-refractivity contribution in [1.29, 1.82) is 0 Å². The van der Waals surface area contributed by atoms with E-state index in [0.717, 1.165) is 13.0 Å². The second-order valence-electron chi connectivity index (χ2n) is 2.35. The molecule has 0 aromatic carbocycles. The minimum Gasteiger partial charge on any atom is -0.308 e. The Morgan fingerprint density at radius 3 is 3.18 bits per heavy atom. The fourth-order valence-electron chi connectivity index (χ4n) is 0.837. The van der Waals surface area contributed by atoms with Crippen LogP contribution >= 0.6 is 0 Å². The molecule has 0 aliphatic carbocycles. The van der Waals surface area contributed by atoms with E-state index >= 15 is 0 Å². The maximum absolute atomic E-state index is 4.01. The normalized spacial score (nSPS) is 9.91. The molecule has 2 heteroatoms. The van der Waals surface area contributed by atoms with Crippen LogP contribution in [0.2, 0.25) is 0 Å². The molecule has 1 rings (SSSR count). The molecule has 0 saturated carbocycles. The third-order valence-electron chi connectivity index (χ3n) is 1.38. The monoisotopic (exact) mass is 149 g/mol. The zero-order valence-electron chi connectivity index (χ0n) is 6.75. The summed E-state index contributed by atoms with van der Waals surface area (Å²) in [5, 5.41) is 3.19. The third kappa shape index (κ3) is 3.14. The summed E-state index contributed by atoms with van der Waals surface area (Å²) in [5.74, 6) is 0. The average Bonchev–Trinajstić information content (AvgIpc) is 2.07. The van der Waals surface area contributed by atoms with Crippen LogP contribution in [0.15, 0.2) is 24.5 Å². The number of hydrogen-bond acceptors (Lipinski definition) is 2. The van der Waals surface area contributed by atoms with Gasteiger partial charge in [0.05, 0.1) is 0 Å². The summed E-state index contributed by atoms with van der Waals surface area (Å²) in [7, 11) is 0. The van der Waals surface area contributed by atoms with E-state index in [2.05, 4.69) is 23.3 Å². The minimum atomic E-state index is 0.877. The Morgan fingerprint density at radius 1 is 1.64 bits per heavy atom. The predicted molar refractivity (Wildman–Crippen MR) is 45.7 cm³/mol. The maximum atomic E-state index is 4.01. The van der Waals surface area contributed by atoms with Crippen molar-refractivity contribution in [2.45, 2.75) is 19.9 Å². The van der Waals surface area contributed by atoms with Crippen molar-refractivity contribution in [3.63, 3.8) is 0 Å². The minimum absolute atomic E-state index is 0.877. The number of nitrogens with zero attached hydrogens (tertiary/aromatic N) is 1. The molecule has 0 aliphatic heterocycles. The Bertz CT molecular complexity index is 184. The van der Waals surface area contributed by atoms with Gasteiger partial charge in [0.25, 0.3) is 0 Å². The highest BCUT2D eigenvalue weighted by molar-refractivity contribution is 5.07. The molecule has 1 aromatic rings. The second kappa shape index (κ2) is 4.85. The van der Waals surface area contributed by atoms with Crippen molar-refractivity contribution >= 4 is 0 Å². The molecule has 1 heterocycles. The lowest BCUT2D eigenvalue weighted by Gasteiger charge is -2.00. The Balaban J connectivity index is 2.28. The highest BCUT2D eigenvalue weighted by Gasteiger charge is 1.88. The molecular formula is C9H13N2. The molecule has 0 fully saturated rings. The largest absolute Gasteiger partial charge is 0.308 e.